The normalized spacial score (nSPS) is 11.2. The van der Waals surface area contributed by atoms with Crippen molar-refractivity contribution >= 4 is 17.5 Å². The molecule has 4 nitrogen and oxygen atoms in total. The van der Waals surface area contributed by atoms with E-state index in [9.17, 15) is 0 Å². The molecule has 0 aliphatic heterocycles. The molecule has 1 aromatic heterocycles. The van der Waals surface area contributed by atoms with Crippen molar-refractivity contribution in [1.82, 2.24) is 9.97 Å². The van der Waals surface area contributed by atoms with Crippen molar-refractivity contribution in [1.29, 1.82) is 0 Å². The number of hydrogen-bond acceptors (Lipinski definition) is 4. The zero-order chi connectivity index (χ0) is 14.8. The first-order valence-corrected chi connectivity index (χ1v) is 6.78. The average molecular weight is 270 g/mol. The van der Waals surface area contributed by atoms with Crippen molar-refractivity contribution < 1.29 is 0 Å². The molecule has 106 valence electrons. The van der Waals surface area contributed by atoms with Crippen LogP contribution in [0.5, 0.6) is 0 Å². The van der Waals surface area contributed by atoms with Gasteiger partial charge in [-0.1, -0.05) is 6.07 Å². The van der Waals surface area contributed by atoms with Gasteiger partial charge in [-0.05, 0) is 63.9 Å². The van der Waals surface area contributed by atoms with Gasteiger partial charge in [0, 0.05) is 17.4 Å². The second-order valence-corrected chi connectivity index (χ2v) is 6.14. The van der Waals surface area contributed by atoms with Crippen LogP contribution in [0.4, 0.5) is 17.5 Å². The molecule has 1 aromatic carbocycles. The fourth-order valence-electron chi connectivity index (χ4n) is 2.05. The molecule has 2 N–H and O–H groups in total. The highest BCUT2D eigenvalue weighted by atomic mass is 15.1. The molecule has 0 radical (unpaired) electrons. The van der Waals surface area contributed by atoms with Gasteiger partial charge in [0.2, 0.25) is 5.95 Å². The van der Waals surface area contributed by atoms with Crippen LogP contribution in [0.3, 0.4) is 0 Å². The predicted octanol–water partition coefficient (Wildman–Crippen LogP) is 4.05. The minimum absolute atomic E-state index is 0.0223. The number of hydrogen-bond donors (Lipinski definition) is 2. The Bertz CT molecular complexity index is 579. The Morgan fingerprint density at radius 2 is 1.65 bits per heavy atom. The van der Waals surface area contributed by atoms with E-state index in [1.54, 1.807) is 6.20 Å². The molecule has 0 bridgehead atoms. The Kier molecular flexibility index (Phi) is 3.93. The lowest BCUT2D eigenvalue weighted by Gasteiger charge is -2.21. The first kappa shape index (κ1) is 14.3. The van der Waals surface area contributed by atoms with Crippen LogP contribution in [0.25, 0.3) is 0 Å². The highest BCUT2D eigenvalue weighted by Crippen LogP contribution is 2.19. The van der Waals surface area contributed by atoms with Gasteiger partial charge in [-0.2, -0.15) is 4.98 Å². The number of aromatic nitrogens is 2. The summed E-state index contributed by atoms with van der Waals surface area (Å²) in [5.74, 6) is 1.42. The van der Waals surface area contributed by atoms with E-state index in [0.29, 0.717) is 5.95 Å². The van der Waals surface area contributed by atoms with Gasteiger partial charge in [-0.25, -0.2) is 4.98 Å². The highest BCUT2D eigenvalue weighted by Gasteiger charge is 2.10. The number of nitrogens with zero attached hydrogens (tertiary/aromatic N) is 2. The molecule has 0 unspecified atom stereocenters. The molecular formula is C16H22N4. The lowest BCUT2D eigenvalue weighted by Crippen LogP contribution is -2.26. The third-order valence-corrected chi connectivity index (χ3v) is 2.64. The molecule has 4 heteroatoms. The van der Waals surface area contributed by atoms with Crippen LogP contribution in [0.1, 0.15) is 31.9 Å². The van der Waals surface area contributed by atoms with Crippen LogP contribution in [0.15, 0.2) is 30.5 Å². The quantitative estimate of drug-likeness (QED) is 0.883. The van der Waals surface area contributed by atoms with Gasteiger partial charge in [-0.15, -0.1) is 0 Å². The SMILES string of the molecule is Cc1cc(C)cc(Nc2nccc(NC(C)(C)C)n2)c1. The van der Waals surface area contributed by atoms with E-state index in [2.05, 4.69) is 73.4 Å². The minimum Gasteiger partial charge on any atom is -0.365 e. The Morgan fingerprint density at radius 1 is 1.00 bits per heavy atom. The lowest BCUT2D eigenvalue weighted by atomic mass is 10.1. The van der Waals surface area contributed by atoms with Crippen LogP contribution < -0.4 is 10.6 Å². The summed E-state index contributed by atoms with van der Waals surface area (Å²) in [7, 11) is 0. The summed E-state index contributed by atoms with van der Waals surface area (Å²) in [5.41, 5.74) is 3.43. The molecule has 0 aliphatic carbocycles. The maximum Gasteiger partial charge on any atom is 0.229 e. The van der Waals surface area contributed by atoms with E-state index < -0.39 is 0 Å². The number of benzene rings is 1. The first-order valence-electron chi connectivity index (χ1n) is 6.78. The largest absolute Gasteiger partial charge is 0.365 e. The summed E-state index contributed by atoms with van der Waals surface area (Å²) in [4.78, 5) is 8.74. The van der Waals surface area contributed by atoms with E-state index in [4.69, 9.17) is 0 Å². The van der Waals surface area contributed by atoms with Gasteiger partial charge in [0.05, 0.1) is 0 Å². The summed E-state index contributed by atoms with van der Waals surface area (Å²) in [6.45, 7) is 10.5. The fourth-order valence-corrected chi connectivity index (χ4v) is 2.05. The standard InChI is InChI=1S/C16H22N4/c1-11-8-12(2)10-13(9-11)18-15-17-7-6-14(19-15)20-16(3,4)5/h6-10H,1-5H3,(H2,17,18,19,20). The number of anilines is 3. The van der Waals surface area contributed by atoms with Crippen LogP contribution in [-0.4, -0.2) is 15.5 Å². The van der Waals surface area contributed by atoms with Gasteiger partial charge in [-0.3, -0.25) is 0 Å². The van der Waals surface area contributed by atoms with Gasteiger partial charge in [0.1, 0.15) is 5.82 Å². The molecule has 0 fully saturated rings. The van der Waals surface area contributed by atoms with Gasteiger partial charge < -0.3 is 10.6 Å². The molecule has 20 heavy (non-hydrogen) atoms. The van der Waals surface area contributed by atoms with E-state index in [0.717, 1.165) is 11.5 Å². The molecule has 0 saturated carbocycles. The molecule has 2 aromatic rings. The third kappa shape index (κ3) is 4.23. The van der Waals surface area contributed by atoms with Crippen LogP contribution in [0, 0.1) is 13.8 Å². The summed E-state index contributed by atoms with van der Waals surface area (Å²) in [6.07, 6.45) is 1.76. The topological polar surface area (TPSA) is 49.8 Å². The zero-order valence-electron chi connectivity index (χ0n) is 12.8. The smallest absolute Gasteiger partial charge is 0.229 e. The monoisotopic (exact) mass is 270 g/mol. The molecule has 0 saturated heterocycles. The minimum atomic E-state index is -0.0223. The van der Waals surface area contributed by atoms with Crippen molar-refractivity contribution in [2.75, 3.05) is 10.6 Å². The summed E-state index contributed by atoms with van der Waals surface area (Å²) in [6, 6.07) is 8.18. The van der Waals surface area contributed by atoms with E-state index in [-0.39, 0.29) is 5.54 Å². The maximum absolute atomic E-state index is 4.48. The maximum atomic E-state index is 4.48. The van der Waals surface area contributed by atoms with Gasteiger partial charge in [0.25, 0.3) is 0 Å². The number of rotatable bonds is 3. The van der Waals surface area contributed by atoms with Crippen molar-refractivity contribution in [2.45, 2.75) is 40.2 Å². The fraction of sp³-hybridized carbons (Fsp3) is 0.375. The van der Waals surface area contributed by atoms with Crippen LogP contribution in [0.2, 0.25) is 0 Å². The third-order valence-electron chi connectivity index (χ3n) is 2.64. The van der Waals surface area contributed by atoms with Crippen molar-refractivity contribution in [3.8, 4) is 0 Å². The Hall–Kier alpha value is -2.10. The van der Waals surface area contributed by atoms with Crippen molar-refractivity contribution in [2.24, 2.45) is 0 Å². The summed E-state index contributed by atoms with van der Waals surface area (Å²) < 4.78 is 0. The predicted molar refractivity (Wildman–Crippen MR) is 84.6 cm³/mol. The molecule has 0 spiro atoms. The van der Waals surface area contributed by atoms with Crippen LogP contribution >= 0.6 is 0 Å². The lowest BCUT2D eigenvalue weighted by molar-refractivity contribution is 0.630. The zero-order valence-corrected chi connectivity index (χ0v) is 12.8. The molecule has 0 amide bonds. The number of nitrogens with one attached hydrogen (secondary N) is 2. The van der Waals surface area contributed by atoms with E-state index in [1.165, 1.54) is 11.1 Å². The molecule has 2 rings (SSSR count). The molecular weight excluding hydrogens is 248 g/mol. The first-order chi connectivity index (χ1) is 9.32. The molecule has 0 atom stereocenters. The highest BCUT2D eigenvalue weighted by molar-refractivity contribution is 5.57. The van der Waals surface area contributed by atoms with Crippen LogP contribution in [-0.2, 0) is 0 Å². The van der Waals surface area contributed by atoms with Crippen molar-refractivity contribution in [3.63, 3.8) is 0 Å². The van der Waals surface area contributed by atoms with Crippen molar-refractivity contribution in [3.05, 3.63) is 41.6 Å². The van der Waals surface area contributed by atoms with E-state index >= 15 is 0 Å². The number of aryl methyl sites for hydroxylation is 2. The second kappa shape index (κ2) is 5.49. The molecule has 1 heterocycles. The van der Waals surface area contributed by atoms with Gasteiger partial charge in [0.15, 0.2) is 0 Å². The second-order valence-electron chi connectivity index (χ2n) is 6.14. The summed E-state index contributed by atoms with van der Waals surface area (Å²) >= 11 is 0. The summed E-state index contributed by atoms with van der Waals surface area (Å²) in [5, 5.41) is 6.59. The Balaban J connectivity index is 2.19. The molecule has 0 aliphatic rings. The average Bonchev–Trinajstić information content (AvgIpc) is 2.25. The Labute approximate surface area is 120 Å². The van der Waals surface area contributed by atoms with E-state index in [1.807, 2.05) is 6.07 Å². The Morgan fingerprint density at radius 3 is 2.25 bits per heavy atom. The van der Waals surface area contributed by atoms with Gasteiger partial charge >= 0.3 is 0 Å².